The summed E-state index contributed by atoms with van der Waals surface area (Å²) in [6.07, 6.45) is 70.0. The highest BCUT2D eigenvalue weighted by atomic mass is 16.6. The van der Waals surface area contributed by atoms with Crippen molar-refractivity contribution in [2.45, 2.75) is 264 Å². The minimum Gasteiger partial charge on any atom is -0.462 e. The van der Waals surface area contributed by atoms with Gasteiger partial charge in [0.25, 0.3) is 0 Å². The van der Waals surface area contributed by atoms with Crippen LogP contribution in [0.1, 0.15) is 258 Å². The van der Waals surface area contributed by atoms with Crippen LogP contribution in [0.5, 0.6) is 0 Å². The summed E-state index contributed by atoms with van der Waals surface area (Å²) in [5, 5.41) is 0. The van der Waals surface area contributed by atoms with Crippen LogP contribution >= 0.6 is 0 Å². The number of esters is 3. The standard InChI is InChI=1S/C60H102O6/c1-4-7-10-13-16-19-22-25-28-30-33-35-38-41-44-47-50-53-59(62)65-56-57(55-64-58(61)52-49-46-43-40-37-34-31-27-24-21-18-15-12-9-6-3)66-60(63)54-51-48-45-42-39-36-32-29-26-23-20-17-14-11-8-5-2/h16,18-19,21,25,27-28,31,33,35,37,40-41,44,57H,4-15,17,20,22-24,26,29-30,32,34,36,38-39,42-43,45-56H2,1-3H3/b19-16-,21-18-,28-25-,31-27-,35-33-,40-37-,44-41-/t57-/m1/s1. The van der Waals surface area contributed by atoms with E-state index in [1.54, 1.807) is 0 Å². The van der Waals surface area contributed by atoms with Gasteiger partial charge in [0.1, 0.15) is 13.2 Å². The first-order chi connectivity index (χ1) is 32.5. The first kappa shape index (κ1) is 62.6. The Bertz CT molecular complexity index is 1290. The fourth-order valence-corrected chi connectivity index (χ4v) is 7.44. The number of hydrogen-bond donors (Lipinski definition) is 0. The molecule has 0 rings (SSSR count). The predicted octanol–water partition coefficient (Wildman–Crippen LogP) is 18.4. The van der Waals surface area contributed by atoms with Gasteiger partial charge in [-0.05, 0) is 96.3 Å². The van der Waals surface area contributed by atoms with Gasteiger partial charge in [0.2, 0.25) is 0 Å². The summed E-state index contributed by atoms with van der Waals surface area (Å²) in [6.45, 7) is 6.51. The molecule has 0 aliphatic carbocycles. The third-order valence-electron chi connectivity index (χ3n) is 11.6. The van der Waals surface area contributed by atoms with Crippen molar-refractivity contribution in [3.8, 4) is 0 Å². The van der Waals surface area contributed by atoms with Crippen LogP contribution in [-0.4, -0.2) is 37.2 Å². The van der Waals surface area contributed by atoms with Crippen molar-refractivity contribution in [1.82, 2.24) is 0 Å². The van der Waals surface area contributed by atoms with Crippen molar-refractivity contribution in [3.05, 3.63) is 85.1 Å². The third kappa shape index (κ3) is 51.6. The molecule has 0 aromatic rings. The first-order valence-electron chi connectivity index (χ1n) is 27.6. The molecule has 0 bridgehead atoms. The lowest BCUT2D eigenvalue weighted by Crippen LogP contribution is -2.30. The molecule has 0 N–H and O–H groups in total. The van der Waals surface area contributed by atoms with Gasteiger partial charge in [-0.15, -0.1) is 0 Å². The molecule has 0 fully saturated rings. The number of unbranched alkanes of at least 4 members (excludes halogenated alkanes) is 24. The molecule has 0 saturated heterocycles. The average Bonchev–Trinajstić information content (AvgIpc) is 3.31. The lowest BCUT2D eigenvalue weighted by Gasteiger charge is -2.18. The molecule has 1 atom stereocenters. The van der Waals surface area contributed by atoms with Gasteiger partial charge < -0.3 is 14.2 Å². The van der Waals surface area contributed by atoms with Crippen LogP contribution in [0.3, 0.4) is 0 Å². The SMILES string of the molecule is CCCCC/C=C\C/C=C\C/C=C\C/C=C\CCCC(=O)OC[C@@H](COC(=O)CCCC/C=C\C/C=C\C/C=C\CCCCC)OC(=O)CCCCCCCCCCCCCCCCCC. The normalized spacial score (nSPS) is 12.7. The van der Waals surface area contributed by atoms with E-state index in [9.17, 15) is 14.4 Å². The molecule has 66 heavy (non-hydrogen) atoms. The summed E-state index contributed by atoms with van der Waals surface area (Å²) < 4.78 is 16.8. The Morgan fingerprint density at radius 2 is 0.561 bits per heavy atom. The molecule has 0 spiro atoms. The Morgan fingerprint density at radius 1 is 0.303 bits per heavy atom. The molecule has 0 aromatic heterocycles. The Balaban J connectivity index is 4.52. The van der Waals surface area contributed by atoms with Crippen molar-refractivity contribution in [3.63, 3.8) is 0 Å². The van der Waals surface area contributed by atoms with Gasteiger partial charge in [-0.2, -0.15) is 0 Å². The second-order valence-corrected chi connectivity index (χ2v) is 18.1. The average molecular weight is 919 g/mol. The van der Waals surface area contributed by atoms with E-state index in [2.05, 4.69) is 106 Å². The maximum Gasteiger partial charge on any atom is 0.306 e. The zero-order valence-corrected chi connectivity index (χ0v) is 43.2. The van der Waals surface area contributed by atoms with Gasteiger partial charge in [0, 0.05) is 19.3 Å². The van der Waals surface area contributed by atoms with Crippen molar-refractivity contribution in [2.24, 2.45) is 0 Å². The largest absolute Gasteiger partial charge is 0.462 e. The summed E-state index contributed by atoms with van der Waals surface area (Å²) in [5.74, 6) is -0.999. The minimum absolute atomic E-state index is 0.112. The van der Waals surface area contributed by atoms with E-state index < -0.39 is 6.10 Å². The van der Waals surface area contributed by atoms with Gasteiger partial charge in [-0.1, -0.05) is 228 Å². The fourth-order valence-electron chi connectivity index (χ4n) is 7.44. The van der Waals surface area contributed by atoms with E-state index in [1.807, 2.05) is 0 Å². The maximum atomic E-state index is 12.8. The Morgan fingerprint density at radius 3 is 0.939 bits per heavy atom. The quantitative estimate of drug-likeness (QED) is 0.0262. The summed E-state index contributed by atoms with van der Waals surface area (Å²) in [7, 11) is 0. The number of allylic oxidation sites excluding steroid dienone is 14. The molecular formula is C60H102O6. The van der Waals surface area contributed by atoms with Gasteiger partial charge in [0.15, 0.2) is 6.10 Å². The number of rotatable bonds is 49. The van der Waals surface area contributed by atoms with Crippen LogP contribution in [0.25, 0.3) is 0 Å². The summed E-state index contributed by atoms with van der Waals surface area (Å²) in [5.41, 5.74) is 0. The molecular weight excluding hydrogens is 817 g/mol. The van der Waals surface area contributed by atoms with Crippen molar-refractivity contribution < 1.29 is 28.6 Å². The van der Waals surface area contributed by atoms with Gasteiger partial charge in [0.05, 0.1) is 0 Å². The maximum absolute atomic E-state index is 12.8. The van der Waals surface area contributed by atoms with Gasteiger partial charge in [-0.25, -0.2) is 0 Å². The van der Waals surface area contributed by atoms with Crippen molar-refractivity contribution in [1.29, 1.82) is 0 Å². The lowest BCUT2D eigenvalue weighted by molar-refractivity contribution is -0.167. The molecule has 6 nitrogen and oxygen atoms in total. The number of carbonyl (C=O) groups excluding carboxylic acids is 3. The predicted molar refractivity (Wildman–Crippen MR) is 284 cm³/mol. The lowest BCUT2D eigenvalue weighted by atomic mass is 10.0. The Hall–Kier alpha value is -3.41. The van der Waals surface area contributed by atoms with Crippen LogP contribution in [-0.2, 0) is 28.6 Å². The van der Waals surface area contributed by atoms with Crippen LogP contribution in [0, 0.1) is 0 Å². The second-order valence-electron chi connectivity index (χ2n) is 18.1. The molecule has 378 valence electrons. The van der Waals surface area contributed by atoms with Crippen molar-refractivity contribution >= 4 is 17.9 Å². The molecule has 0 heterocycles. The van der Waals surface area contributed by atoms with Gasteiger partial charge in [-0.3, -0.25) is 14.4 Å². The van der Waals surface area contributed by atoms with Crippen LogP contribution in [0.2, 0.25) is 0 Å². The molecule has 0 radical (unpaired) electrons. The summed E-state index contributed by atoms with van der Waals surface area (Å²) >= 11 is 0. The molecule has 0 aliphatic heterocycles. The van der Waals surface area contributed by atoms with Gasteiger partial charge >= 0.3 is 17.9 Å². The van der Waals surface area contributed by atoms with Crippen LogP contribution < -0.4 is 0 Å². The first-order valence-corrected chi connectivity index (χ1v) is 27.6. The fraction of sp³-hybridized carbons (Fsp3) is 0.717. The van der Waals surface area contributed by atoms with Crippen LogP contribution in [0.4, 0.5) is 0 Å². The molecule has 0 aliphatic rings. The van der Waals surface area contributed by atoms with E-state index in [0.717, 1.165) is 77.0 Å². The number of ether oxygens (including phenoxy) is 3. The monoisotopic (exact) mass is 919 g/mol. The van der Waals surface area contributed by atoms with E-state index in [-0.39, 0.29) is 37.5 Å². The van der Waals surface area contributed by atoms with E-state index in [4.69, 9.17) is 14.2 Å². The zero-order valence-electron chi connectivity index (χ0n) is 43.2. The Labute approximate surface area is 407 Å². The van der Waals surface area contributed by atoms with E-state index >= 15 is 0 Å². The highest BCUT2D eigenvalue weighted by molar-refractivity contribution is 5.71. The third-order valence-corrected chi connectivity index (χ3v) is 11.6. The molecule has 6 heteroatoms. The zero-order chi connectivity index (χ0) is 47.9. The topological polar surface area (TPSA) is 78.9 Å². The molecule has 0 amide bonds. The smallest absolute Gasteiger partial charge is 0.306 e. The van der Waals surface area contributed by atoms with E-state index in [0.29, 0.717) is 19.3 Å². The van der Waals surface area contributed by atoms with Crippen LogP contribution in [0.15, 0.2) is 85.1 Å². The molecule has 0 unspecified atom stereocenters. The number of carbonyl (C=O) groups is 3. The van der Waals surface area contributed by atoms with Crippen molar-refractivity contribution in [2.75, 3.05) is 13.2 Å². The molecule has 0 saturated carbocycles. The minimum atomic E-state index is -0.812. The Kier molecular flexibility index (Phi) is 51.4. The van der Waals surface area contributed by atoms with E-state index in [1.165, 1.54) is 135 Å². The molecule has 0 aromatic carbocycles. The number of hydrogen-bond acceptors (Lipinski definition) is 6. The second kappa shape index (κ2) is 54.2. The summed E-state index contributed by atoms with van der Waals surface area (Å²) in [4.78, 5) is 38.0. The highest BCUT2D eigenvalue weighted by Crippen LogP contribution is 2.15. The highest BCUT2D eigenvalue weighted by Gasteiger charge is 2.19. The summed E-state index contributed by atoms with van der Waals surface area (Å²) in [6, 6.07) is 0.